The average Bonchev–Trinajstić information content (AvgIpc) is 3.16. The van der Waals surface area contributed by atoms with Crippen LogP contribution < -0.4 is 0 Å². The molecule has 32 heavy (non-hydrogen) atoms. The standard InChI is InChI=1S/C26H34N2O4/c1-5-6-7-8-9-10-11-12-18-15-20(24(29)22(16-18)28(30)31)25-27-21-17-19(26(2,3)4)13-14-23(21)32-25/h13-17,29H,5-12H2,1-4H3. The van der Waals surface area contributed by atoms with Crippen molar-refractivity contribution in [2.75, 3.05) is 0 Å². The lowest BCUT2D eigenvalue weighted by Crippen LogP contribution is -2.10. The van der Waals surface area contributed by atoms with E-state index in [9.17, 15) is 15.2 Å². The molecule has 2 aromatic carbocycles. The fourth-order valence-electron chi connectivity index (χ4n) is 3.92. The van der Waals surface area contributed by atoms with E-state index in [-0.39, 0.29) is 22.6 Å². The number of fused-ring (bicyclic) bond motifs is 1. The van der Waals surface area contributed by atoms with Gasteiger partial charge in [-0.05, 0) is 47.6 Å². The minimum atomic E-state index is -0.548. The number of nitro benzene ring substituents is 1. The zero-order valence-electron chi connectivity index (χ0n) is 19.6. The quantitative estimate of drug-likeness (QED) is 0.199. The van der Waals surface area contributed by atoms with Crippen LogP contribution in [0.2, 0.25) is 0 Å². The Morgan fingerprint density at radius 3 is 2.38 bits per heavy atom. The summed E-state index contributed by atoms with van der Waals surface area (Å²) in [4.78, 5) is 15.6. The van der Waals surface area contributed by atoms with Gasteiger partial charge in [-0.15, -0.1) is 0 Å². The van der Waals surface area contributed by atoms with E-state index in [1.54, 1.807) is 6.07 Å². The maximum absolute atomic E-state index is 11.6. The summed E-state index contributed by atoms with van der Waals surface area (Å²) >= 11 is 0. The van der Waals surface area contributed by atoms with Crippen LogP contribution in [0.1, 0.15) is 83.8 Å². The van der Waals surface area contributed by atoms with Crippen molar-refractivity contribution in [3.05, 3.63) is 51.6 Å². The number of rotatable bonds is 10. The van der Waals surface area contributed by atoms with Gasteiger partial charge in [0.1, 0.15) is 5.52 Å². The van der Waals surface area contributed by atoms with Crippen LogP contribution in [0.5, 0.6) is 5.75 Å². The lowest BCUT2D eigenvalue weighted by Gasteiger charge is -2.18. The molecule has 0 aliphatic carbocycles. The third-order valence-electron chi connectivity index (χ3n) is 5.90. The van der Waals surface area contributed by atoms with Gasteiger partial charge in [-0.3, -0.25) is 10.1 Å². The Kier molecular flexibility index (Phi) is 7.54. The van der Waals surface area contributed by atoms with Gasteiger partial charge in [0, 0.05) is 6.07 Å². The number of nitro groups is 1. The van der Waals surface area contributed by atoms with E-state index < -0.39 is 10.7 Å². The predicted octanol–water partition coefficient (Wildman–Crippen LogP) is 7.70. The lowest BCUT2D eigenvalue weighted by atomic mass is 9.87. The van der Waals surface area contributed by atoms with Gasteiger partial charge in [-0.1, -0.05) is 72.3 Å². The van der Waals surface area contributed by atoms with Crippen LogP contribution in [0.3, 0.4) is 0 Å². The second-order valence-electron chi connectivity index (χ2n) is 9.59. The van der Waals surface area contributed by atoms with Gasteiger partial charge >= 0.3 is 5.69 Å². The third kappa shape index (κ3) is 5.67. The summed E-state index contributed by atoms with van der Waals surface area (Å²) in [5.74, 6) is -0.200. The van der Waals surface area contributed by atoms with Crippen molar-refractivity contribution in [3.63, 3.8) is 0 Å². The average molecular weight is 439 g/mol. The van der Waals surface area contributed by atoms with Gasteiger partial charge in [0.05, 0.1) is 10.5 Å². The van der Waals surface area contributed by atoms with E-state index in [2.05, 4.69) is 32.7 Å². The first kappa shape index (κ1) is 23.8. The van der Waals surface area contributed by atoms with Crippen LogP contribution in [0.15, 0.2) is 34.7 Å². The molecule has 3 aromatic rings. The van der Waals surface area contributed by atoms with Crippen LogP contribution in [-0.4, -0.2) is 15.0 Å². The van der Waals surface area contributed by atoms with E-state index in [0.717, 1.165) is 30.4 Å². The molecule has 0 aliphatic heterocycles. The van der Waals surface area contributed by atoms with Gasteiger partial charge in [-0.25, -0.2) is 4.98 Å². The Labute approximate surface area is 189 Å². The number of hydrogen-bond acceptors (Lipinski definition) is 5. The van der Waals surface area contributed by atoms with Crippen molar-refractivity contribution in [2.45, 2.75) is 84.5 Å². The number of phenolic OH excluding ortho intramolecular Hbond substituents is 1. The highest BCUT2D eigenvalue weighted by molar-refractivity contribution is 5.80. The number of phenols is 1. The molecule has 0 radical (unpaired) electrons. The molecule has 0 atom stereocenters. The fourth-order valence-corrected chi connectivity index (χ4v) is 3.92. The molecule has 6 heteroatoms. The second kappa shape index (κ2) is 10.2. The molecule has 1 heterocycles. The fraction of sp³-hybridized carbons (Fsp3) is 0.500. The molecule has 1 aromatic heterocycles. The molecule has 0 saturated carbocycles. The molecule has 0 aliphatic rings. The number of oxazole rings is 1. The number of benzene rings is 2. The molecule has 0 amide bonds. The van der Waals surface area contributed by atoms with E-state index in [1.807, 2.05) is 18.2 Å². The summed E-state index contributed by atoms with van der Waals surface area (Å²) in [6.45, 7) is 8.57. The Hall–Kier alpha value is -2.89. The van der Waals surface area contributed by atoms with Crippen LogP contribution in [0.25, 0.3) is 22.6 Å². The zero-order chi connectivity index (χ0) is 23.3. The monoisotopic (exact) mass is 438 g/mol. The minimum Gasteiger partial charge on any atom is -0.502 e. The Morgan fingerprint density at radius 1 is 1.03 bits per heavy atom. The highest BCUT2D eigenvalue weighted by Gasteiger charge is 2.24. The molecule has 0 bridgehead atoms. The molecular weight excluding hydrogens is 404 g/mol. The summed E-state index contributed by atoms with van der Waals surface area (Å²) in [7, 11) is 0. The lowest BCUT2D eigenvalue weighted by molar-refractivity contribution is -0.385. The Balaban J connectivity index is 1.86. The first-order chi connectivity index (χ1) is 15.2. The summed E-state index contributed by atoms with van der Waals surface area (Å²) < 4.78 is 5.88. The second-order valence-corrected chi connectivity index (χ2v) is 9.59. The first-order valence-electron chi connectivity index (χ1n) is 11.6. The smallest absolute Gasteiger partial charge is 0.311 e. The molecule has 0 saturated heterocycles. The van der Waals surface area contributed by atoms with Crippen molar-refractivity contribution >= 4 is 16.8 Å². The van der Waals surface area contributed by atoms with E-state index in [4.69, 9.17) is 4.42 Å². The predicted molar refractivity (Wildman–Crippen MR) is 128 cm³/mol. The zero-order valence-corrected chi connectivity index (χ0v) is 19.6. The summed E-state index contributed by atoms with van der Waals surface area (Å²) in [5.41, 5.74) is 3.12. The highest BCUT2D eigenvalue weighted by Crippen LogP contribution is 2.39. The maximum atomic E-state index is 11.6. The van der Waals surface area contributed by atoms with Crippen LogP contribution in [-0.2, 0) is 11.8 Å². The van der Waals surface area contributed by atoms with Gasteiger partial charge < -0.3 is 9.52 Å². The number of aromatic hydroxyl groups is 1. The topological polar surface area (TPSA) is 89.4 Å². The molecular formula is C26H34N2O4. The molecule has 0 spiro atoms. The molecule has 0 unspecified atom stereocenters. The van der Waals surface area contributed by atoms with Crippen LogP contribution in [0.4, 0.5) is 5.69 Å². The van der Waals surface area contributed by atoms with E-state index in [1.165, 1.54) is 38.2 Å². The number of hydrogen-bond donors (Lipinski definition) is 1. The molecule has 0 fully saturated rings. The van der Waals surface area contributed by atoms with Gasteiger partial charge in [0.15, 0.2) is 5.58 Å². The number of aryl methyl sites for hydroxylation is 1. The molecule has 1 N–H and O–H groups in total. The summed E-state index contributed by atoms with van der Waals surface area (Å²) in [6, 6.07) is 9.07. The largest absolute Gasteiger partial charge is 0.502 e. The molecule has 3 rings (SSSR count). The van der Waals surface area contributed by atoms with Gasteiger partial charge in [0.2, 0.25) is 11.6 Å². The number of aromatic nitrogens is 1. The number of unbranched alkanes of at least 4 members (excludes halogenated alkanes) is 6. The van der Waals surface area contributed by atoms with Crippen LogP contribution in [0, 0.1) is 10.1 Å². The minimum absolute atomic E-state index is 0.0370. The normalized spacial score (nSPS) is 11.9. The first-order valence-corrected chi connectivity index (χ1v) is 11.6. The summed E-state index contributed by atoms with van der Waals surface area (Å²) in [6.07, 6.45) is 8.93. The van der Waals surface area contributed by atoms with Crippen molar-refractivity contribution < 1.29 is 14.4 Å². The van der Waals surface area contributed by atoms with E-state index in [0.29, 0.717) is 11.1 Å². The number of nitrogens with zero attached hydrogens (tertiary/aromatic N) is 2. The molecule has 6 nitrogen and oxygen atoms in total. The Bertz CT molecular complexity index is 1080. The highest BCUT2D eigenvalue weighted by atomic mass is 16.6. The van der Waals surface area contributed by atoms with Crippen molar-refractivity contribution in [1.82, 2.24) is 4.98 Å². The SMILES string of the molecule is CCCCCCCCCc1cc(-c2nc3cc(C(C)(C)C)ccc3o2)c(O)c([N+](=O)[O-])c1. The third-order valence-corrected chi connectivity index (χ3v) is 5.90. The van der Waals surface area contributed by atoms with Crippen LogP contribution >= 0.6 is 0 Å². The van der Waals surface area contributed by atoms with Gasteiger partial charge in [-0.2, -0.15) is 0 Å². The molecule has 172 valence electrons. The van der Waals surface area contributed by atoms with Crippen molar-refractivity contribution in [1.29, 1.82) is 0 Å². The van der Waals surface area contributed by atoms with Crippen molar-refractivity contribution in [2.24, 2.45) is 0 Å². The Morgan fingerprint density at radius 2 is 1.72 bits per heavy atom. The van der Waals surface area contributed by atoms with Crippen molar-refractivity contribution in [3.8, 4) is 17.2 Å². The summed E-state index contributed by atoms with van der Waals surface area (Å²) in [5, 5.41) is 22.2. The maximum Gasteiger partial charge on any atom is 0.311 e. The van der Waals surface area contributed by atoms with Gasteiger partial charge in [0.25, 0.3) is 0 Å². The van der Waals surface area contributed by atoms with E-state index >= 15 is 0 Å².